The molecule has 0 saturated carbocycles. The summed E-state index contributed by atoms with van der Waals surface area (Å²) in [6.45, 7) is 11.6. The average molecular weight is 399 g/mol. The molecule has 2 rings (SSSR count). The number of ketones is 1. The lowest BCUT2D eigenvalue weighted by atomic mass is 10.1. The number of aryl methyl sites for hydroxylation is 2. The molecule has 1 N–H and O–H groups in total. The Morgan fingerprint density at radius 2 is 1.45 bits per heavy atom. The van der Waals surface area contributed by atoms with Gasteiger partial charge in [-0.3, -0.25) is 14.5 Å². The summed E-state index contributed by atoms with van der Waals surface area (Å²) in [6.07, 6.45) is 0. The number of rotatable bonds is 7. The summed E-state index contributed by atoms with van der Waals surface area (Å²) in [4.78, 5) is 35.2. The molecule has 1 amide bonds. The van der Waals surface area contributed by atoms with Gasteiger partial charge in [0.25, 0.3) is 0 Å². The molecule has 0 radical (unpaired) electrons. The number of nitrogens with zero attached hydrogens (tertiary/aromatic N) is 1. The van der Waals surface area contributed by atoms with E-state index in [-0.39, 0.29) is 5.91 Å². The number of hydrogen-bond donors (Lipinski definition) is 1. The van der Waals surface area contributed by atoms with Crippen LogP contribution in [0.1, 0.15) is 31.9 Å². The van der Waals surface area contributed by atoms with Gasteiger partial charge in [-0.25, -0.2) is 4.79 Å². The van der Waals surface area contributed by atoms with E-state index >= 15 is 0 Å². The third-order valence-corrected chi connectivity index (χ3v) is 4.25. The molecule has 0 aliphatic carbocycles. The number of carbonyl (C=O) groups is 3. The van der Waals surface area contributed by atoms with Crippen LogP contribution in [0.5, 0.6) is 5.75 Å². The van der Waals surface area contributed by atoms with Gasteiger partial charge in [0, 0.05) is 12.6 Å². The van der Waals surface area contributed by atoms with Gasteiger partial charge in [0.2, 0.25) is 11.7 Å². The highest BCUT2D eigenvalue weighted by Gasteiger charge is 2.10. The Balaban J connectivity index is 0.000000308. The first kappa shape index (κ1) is 24.0. The van der Waals surface area contributed by atoms with Crippen molar-refractivity contribution in [2.45, 2.75) is 34.6 Å². The third-order valence-electron chi connectivity index (χ3n) is 4.25. The van der Waals surface area contributed by atoms with Crippen LogP contribution in [0.4, 0.5) is 5.69 Å². The van der Waals surface area contributed by atoms with Crippen molar-refractivity contribution >= 4 is 23.3 Å². The predicted molar refractivity (Wildman–Crippen MR) is 115 cm³/mol. The molecule has 0 aliphatic rings. The molecular formula is C23H30N2O4. The van der Waals surface area contributed by atoms with Crippen molar-refractivity contribution < 1.29 is 19.1 Å². The van der Waals surface area contributed by atoms with Gasteiger partial charge in [-0.2, -0.15) is 0 Å². The van der Waals surface area contributed by atoms with E-state index < -0.39 is 11.8 Å². The first-order valence-electron chi connectivity index (χ1n) is 9.64. The number of para-hydroxylation sites is 2. The summed E-state index contributed by atoms with van der Waals surface area (Å²) in [5, 5.41) is 3.00. The van der Waals surface area contributed by atoms with Crippen LogP contribution in [0.2, 0.25) is 0 Å². The van der Waals surface area contributed by atoms with Gasteiger partial charge < -0.3 is 10.1 Å². The fourth-order valence-corrected chi connectivity index (χ4v) is 2.51. The second kappa shape index (κ2) is 12.5. The van der Waals surface area contributed by atoms with Crippen molar-refractivity contribution in [1.82, 2.24) is 4.90 Å². The summed E-state index contributed by atoms with van der Waals surface area (Å²) >= 11 is 0. The highest BCUT2D eigenvalue weighted by Crippen LogP contribution is 2.19. The Morgan fingerprint density at radius 3 is 1.93 bits per heavy atom. The smallest absolute Gasteiger partial charge is 0.379 e. The average Bonchev–Trinajstić information content (AvgIpc) is 2.70. The zero-order valence-electron chi connectivity index (χ0n) is 17.8. The molecule has 0 unspecified atom stereocenters. The number of anilines is 1. The van der Waals surface area contributed by atoms with E-state index in [1.54, 1.807) is 30.3 Å². The highest BCUT2D eigenvalue weighted by molar-refractivity contribution is 6.33. The first-order valence-corrected chi connectivity index (χ1v) is 9.64. The fourth-order valence-electron chi connectivity index (χ4n) is 2.51. The minimum absolute atomic E-state index is 0.0612. The predicted octanol–water partition coefficient (Wildman–Crippen LogP) is 3.76. The largest absolute Gasteiger partial charge is 0.421 e. The molecule has 0 heterocycles. The molecule has 0 atom stereocenters. The molecule has 0 aliphatic heterocycles. The quantitative estimate of drug-likeness (QED) is 0.437. The number of hydrogen-bond acceptors (Lipinski definition) is 5. The van der Waals surface area contributed by atoms with Crippen LogP contribution in [-0.2, 0) is 14.4 Å². The first-order chi connectivity index (χ1) is 13.8. The zero-order valence-corrected chi connectivity index (χ0v) is 17.8. The molecule has 0 fully saturated rings. The Hall–Kier alpha value is -2.99. The van der Waals surface area contributed by atoms with Crippen molar-refractivity contribution in [2.24, 2.45) is 0 Å². The molecular weight excluding hydrogens is 368 g/mol. The van der Waals surface area contributed by atoms with Gasteiger partial charge >= 0.3 is 5.97 Å². The number of carbonyl (C=O) groups excluding carboxylic acids is 3. The van der Waals surface area contributed by atoms with Crippen molar-refractivity contribution in [3.8, 4) is 5.75 Å². The van der Waals surface area contributed by atoms with Crippen molar-refractivity contribution in [3.63, 3.8) is 0 Å². The van der Waals surface area contributed by atoms with E-state index in [0.717, 1.165) is 29.9 Å². The van der Waals surface area contributed by atoms with E-state index in [9.17, 15) is 14.4 Å². The zero-order chi connectivity index (χ0) is 21.8. The number of esters is 1. The lowest BCUT2D eigenvalue weighted by Gasteiger charge is -2.18. The normalized spacial score (nSPS) is 10.0. The lowest BCUT2D eigenvalue weighted by Crippen LogP contribution is -2.33. The minimum Gasteiger partial charge on any atom is -0.421 e. The Bertz CT molecular complexity index is 795. The van der Waals surface area contributed by atoms with E-state index in [1.165, 1.54) is 6.92 Å². The molecule has 2 aromatic rings. The van der Waals surface area contributed by atoms with Crippen molar-refractivity contribution in [3.05, 3.63) is 59.7 Å². The third kappa shape index (κ3) is 8.70. The maximum atomic E-state index is 11.9. The number of nitrogens with one attached hydrogen (secondary N) is 1. The van der Waals surface area contributed by atoms with Gasteiger partial charge in [0.15, 0.2) is 0 Å². The fraction of sp³-hybridized carbons (Fsp3) is 0.348. The van der Waals surface area contributed by atoms with E-state index in [2.05, 4.69) is 28.8 Å². The number of Topliss-reactive ketones (excluding diaryl/α,β-unsaturated/α-hetero) is 1. The summed E-state index contributed by atoms with van der Waals surface area (Å²) in [6, 6.07) is 14.5. The topological polar surface area (TPSA) is 75.7 Å². The molecule has 0 bridgehead atoms. The van der Waals surface area contributed by atoms with E-state index in [4.69, 9.17) is 0 Å². The molecule has 6 heteroatoms. The molecule has 0 aromatic heterocycles. The summed E-state index contributed by atoms with van der Waals surface area (Å²) in [7, 11) is 0. The van der Waals surface area contributed by atoms with Crippen LogP contribution in [0.15, 0.2) is 48.5 Å². The van der Waals surface area contributed by atoms with Crippen LogP contribution < -0.4 is 10.1 Å². The molecule has 29 heavy (non-hydrogen) atoms. The highest BCUT2D eigenvalue weighted by atomic mass is 16.5. The van der Waals surface area contributed by atoms with Crippen LogP contribution in [0, 0.1) is 13.8 Å². The second-order valence-corrected chi connectivity index (χ2v) is 6.54. The van der Waals surface area contributed by atoms with Crippen molar-refractivity contribution in [2.75, 3.05) is 25.0 Å². The van der Waals surface area contributed by atoms with Gasteiger partial charge in [-0.15, -0.1) is 0 Å². The maximum absolute atomic E-state index is 11.9. The van der Waals surface area contributed by atoms with E-state index in [1.807, 2.05) is 32.0 Å². The molecule has 156 valence electrons. The van der Waals surface area contributed by atoms with Gasteiger partial charge in [-0.1, -0.05) is 50.2 Å². The summed E-state index contributed by atoms with van der Waals surface area (Å²) < 4.78 is 4.69. The van der Waals surface area contributed by atoms with E-state index in [0.29, 0.717) is 12.3 Å². The number of ether oxygens (including phenoxy) is 1. The molecule has 6 nitrogen and oxygen atoms in total. The Labute approximate surface area is 172 Å². The van der Waals surface area contributed by atoms with Gasteiger partial charge in [-0.05, 0) is 50.2 Å². The number of likely N-dealkylation sites (N-methyl/N-ethyl adjacent to an activating group) is 1. The van der Waals surface area contributed by atoms with Crippen LogP contribution in [0.25, 0.3) is 0 Å². The van der Waals surface area contributed by atoms with Crippen LogP contribution in [0.3, 0.4) is 0 Å². The molecule has 0 spiro atoms. The van der Waals surface area contributed by atoms with Gasteiger partial charge in [0.1, 0.15) is 5.75 Å². The molecule has 2 aromatic carbocycles. The standard InChI is InChI=1S/C14H22N2O.C9H8O3/c1-5-16(6-2)10-13(17)15-14-11(3)8-7-9-12(14)4;1-7(10)9(11)12-8-5-3-2-4-6-8/h7-9H,5-6,10H2,1-4H3,(H,15,17);2-6H,1H3. The number of benzene rings is 2. The Morgan fingerprint density at radius 1 is 0.897 bits per heavy atom. The maximum Gasteiger partial charge on any atom is 0.379 e. The Kier molecular flexibility index (Phi) is 10.3. The van der Waals surface area contributed by atoms with Crippen LogP contribution >= 0.6 is 0 Å². The monoisotopic (exact) mass is 398 g/mol. The second-order valence-electron chi connectivity index (χ2n) is 6.54. The van der Waals surface area contributed by atoms with Crippen molar-refractivity contribution in [1.29, 1.82) is 0 Å². The summed E-state index contributed by atoms with van der Waals surface area (Å²) in [5.41, 5.74) is 3.17. The minimum atomic E-state index is -0.832. The van der Waals surface area contributed by atoms with Crippen LogP contribution in [-0.4, -0.2) is 42.2 Å². The van der Waals surface area contributed by atoms with Gasteiger partial charge in [0.05, 0.1) is 6.54 Å². The molecule has 0 saturated heterocycles. The number of amides is 1. The summed E-state index contributed by atoms with van der Waals surface area (Å²) in [5.74, 6) is -0.983. The lowest BCUT2D eigenvalue weighted by molar-refractivity contribution is -0.146. The SMILES string of the molecule is CC(=O)C(=O)Oc1ccccc1.CCN(CC)CC(=O)Nc1c(C)cccc1C.